The number of thioether (sulfide) groups is 2. The number of nitrogens with zero attached hydrogens (tertiary/aromatic N) is 3. The fraction of sp³-hybridized carbons (Fsp3) is 0.333. The first-order valence-electron chi connectivity index (χ1n) is 10.5. The zero-order valence-electron chi connectivity index (χ0n) is 18.3. The van der Waals surface area contributed by atoms with Gasteiger partial charge in [-0.25, -0.2) is 0 Å². The molecule has 31 heavy (non-hydrogen) atoms. The van der Waals surface area contributed by atoms with E-state index in [0.717, 1.165) is 49.8 Å². The second kappa shape index (κ2) is 9.40. The molecule has 0 spiro atoms. The van der Waals surface area contributed by atoms with Gasteiger partial charge >= 0.3 is 0 Å². The van der Waals surface area contributed by atoms with Gasteiger partial charge in [-0.3, -0.25) is 14.7 Å². The van der Waals surface area contributed by atoms with Gasteiger partial charge in [-0.2, -0.15) is 0 Å². The minimum Gasteiger partial charge on any atom is -0.497 e. The van der Waals surface area contributed by atoms with Crippen molar-refractivity contribution in [3.63, 3.8) is 0 Å². The lowest BCUT2D eigenvalue weighted by Gasteiger charge is -2.17. The Morgan fingerprint density at radius 1 is 1.13 bits per heavy atom. The van der Waals surface area contributed by atoms with Gasteiger partial charge < -0.3 is 9.64 Å². The molecule has 1 amide bonds. The first-order chi connectivity index (χ1) is 15.0. The van der Waals surface area contributed by atoms with E-state index in [1.54, 1.807) is 18.9 Å². The normalized spacial score (nSPS) is 20.5. The van der Waals surface area contributed by atoms with Gasteiger partial charge in [0.2, 0.25) is 0 Å². The summed E-state index contributed by atoms with van der Waals surface area (Å²) in [5.74, 6) is 0.859. The van der Waals surface area contributed by atoms with Gasteiger partial charge in [0.05, 0.1) is 23.9 Å². The van der Waals surface area contributed by atoms with Crippen molar-refractivity contribution >= 4 is 40.3 Å². The number of aliphatic imine (C=N–C) groups is 1. The third-order valence-electron chi connectivity index (χ3n) is 5.42. The number of rotatable bonds is 6. The van der Waals surface area contributed by atoms with E-state index in [2.05, 4.69) is 30.9 Å². The molecular formula is C24H27N3O2S2. The minimum absolute atomic E-state index is 0.0135. The van der Waals surface area contributed by atoms with Crippen molar-refractivity contribution in [3.8, 4) is 5.75 Å². The number of benzene rings is 2. The number of fused-ring (bicyclic) bond motifs is 1. The molecule has 1 fully saturated rings. The SMILES string of the molecule is CCCCN1C(=O)/C(=C2/Sc3ccc(OC)cc3N2C)SC1=N[C@H](C)c1ccccc1. The van der Waals surface area contributed by atoms with Crippen LogP contribution in [-0.2, 0) is 4.79 Å². The van der Waals surface area contributed by atoms with Crippen LogP contribution in [0.3, 0.4) is 0 Å². The van der Waals surface area contributed by atoms with Crippen molar-refractivity contribution in [1.82, 2.24) is 4.90 Å². The smallest absolute Gasteiger partial charge is 0.269 e. The third-order valence-corrected chi connectivity index (χ3v) is 7.86. The first-order valence-corrected chi connectivity index (χ1v) is 12.1. The molecule has 5 nitrogen and oxygen atoms in total. The Morgan fingerprint density at radius 2 is 1.90 bits per heavy atom. The highest BCUT2D eigenvalue weighted by molar-refractivity contribution is 8.19. The van der Waals surface area contributed by atoms with E-state index >= 15 is 0 Å². The standard InChI is InChI=1S/C24H27N3O2S2/c1-5-6-14-27-22(28)21(31-24(27)25-16(2)17-10-8-7-9-11-17)23-26(3)19-15-18(29-4)12-13-20(19)30-23/h7-13,15-16H,5-6,14H2,1-4H3/b23-21-,25-24?/t16-/m1/s1. The van der Waals surface area contributed by atoms with Crippen LogP contribution in [0.15, 0.2) is 68.4 Å². The van der Waals surface area contributed by atoms with Crippen LogP contribution in [0.25, 0.3) is 0 Å². The van der Waals surface area contributed by atoms with Crippen molar-refractivity contribution in [2.45, 2.75) is 37.6 Å². The van der Waals surface area contributed by atoms with E-state index in [0.29, 0.717) is 6.54 Å². The highest BCUT2D eigenvalue weighted by Gasteiger charge is 2.39. The quantitative estimate of drug-likeness (QED) is 0.510. The lowest BCUT2D eigenvalue weighted by molar-refractivity contribution is -0.122. The summed E-state index contributed by atoms with van der Waals surface area (Å²) >= 11 is 3.13. The Balaban J connectivity index is 1.68. The molecule has 2 aromatic carbocycles. The molecule has 7 heteroatoms. The van der Waals surface area contributed by atoms with Crippen LogP contribution in [0.1, 0.15) is 38.3 Å². The van der Waals surface area contributed by atoms with E-state index in [4.69, 9.17) is 9.73 Å². The number of anilines is 1. The topological polar surface area (TPSA) is 45.1 Å². The molecular weight excluding hydrogens is 426 g/mol. The largest absolute Gasteiger partial charge is 0.497 e. The number of methoxy groups -OCH3 is 1. The molecule has 2 aliphatic rings. The molecule has 162 valence electrons. The van der Waals surface area contributed by atoms with Crippen LogP contribution in [0.5, 0.6) is 5.75 Å². The molecule has 2 heterocycles. The Morgan fingerprint density at radius 3 is 2.61 bits per heavy atom. The van der Waals surface area contributed by atoms with Crippen LogP contribution >= 0.6 is 23.5 Å². The molecule has 4 rings (SSSR count). The number of ether oxygens (including phenoxy) is 1. The zero-order valence-corrected chi connectivity index (χ0v) is 19.9. The maximum Gasteiger partial charge on any atom is 0.269 e. The summed E-state index contributed by atoms with van der Waals surface area (Å²) in [6, 6.07) is 16.2. The number of carbonyl (C=O) groups excluding carboxylic acids is 1. The van der Waals surface area contributed by atoms with E-state index < -0.39 is 0 Å². The average Bonchev–Trinajstić information content (AvgIpc) is 3.28. The monoisotopic (exact) mass is 453 g/mol. The summed E-state index contributed by atoms with van der Waals surface area (Å²) in [6.07, 6.45) is 1.98. The van der Waals surface area contributed by atoms with Gasteiger partial charge in [-0.05, 0) is 42.8 Å². The molecule has 0 bridgehead atoms. The van der Waals surface area contributed by atoms with Gasteiger partial charge in [0.15, 0.2) is 5.17 Å². The van der Waals surface area contributed by atoms with Crippen molar-refractivity contribution in [2.75, 3.05) is 25.6 Å². The Kier molecular flexibility index (Phi) is 6.62. The van der Waals surface area contributed by atoms with Crippen molar-refractivity contribution in [2.24, 2.45) is 4.99 Å². The first kappa shape index (κ1) is 21.8. The number of unbranched alkanes of at least 4 members (excludes halogenated alkanes) is 1. The molecule has 0 aliphatic carbocycles. The second-order valence-corrected chi connectivity index (χ2v) is 9.55. The van der Waals surface area contributed by atoms with Crippen LogP contribution in [0.4, 0.5) is 5.69 Å². The zero-order chi connectivity index (χ0) is 22.0. The lowest BCUT2D eigenvalue weighted by atomic mass is 10.1. The van der Waals surface area contributed by atoms with Gasteiger partial charge in [0.1, 0.15) is 10.7 Å². The summed E-state index contributed by atoms with van der Waals surface area (Å²) in [5.41, 5.74) is 2.20. The maximum absolute atomic E-state index is 13.4. The van der Waals surface area contributed by atoms with Crippen LogP contribution in [0.2, 0.25) is 0 Å². The molecule has 0 aromatic heterocycles. The number of hydrogen-bond donors (Lipinski definition) is 0. The molecule has 2 aromatic rings. The van der Waals surface area contributed by atoms with E-state index in [1.165, 1.54) is 11.8 Å². The predicted molar refractivity (Wildman–Crippen MR) is 131 cm³/mol. The third kappa shape index (κ3) is 4.34. The lowest BCUT2D eigenvalue weighted by Crippen LogP contribution is -2.31. The molecule has 1 atom stereocenters. The highest BCUT2D eigenvalue weighted by Crippen LogP contribution is 2.51. The van der Waals surface area contributed by atoms with Crippen LogP contribution in [-0.4, -0.2) is 36.7 Å². The summed E-state index contributed by atoms with van der Waals surface area (Å²) < 4.78 is 5.38. The Bertz CT molecular complexity index is 1040. The number of amides is 1. The van der Waals surface area contributed by atoms with Crippen LogP contribution < -0.4 is 9.64 Å². The fourth-order valence-corrected chi connectivity index (χ4v) is 5.98. The predicted octanol–water partition coefficient (Wildman–Crippen LogP) is 5.90. The fourth-order valence-electron chi connectivity index (χ4n) is 3.57. The van der Waals surface area contributed by atoms with Crippen molar-refractivity contribution in [3.05, 3.63) is 64.0 Å². The highest BCUT2D eigenvalue weighted by atomic mass is 32.2. The summed E-state index contributed by atoms with van der Waals surface area (Å²) in [6.45, 7) is 4.91. The van der Waals surface area contributed by atoms with Crippen molar-refractivity contribution in [1.29, 1.82) is 0 Å². The van der Waals surface area contributed by atoms with Crippen molar-refractivity contribution < 1.29 is 9.53 Å². The number of amidine groups is 1. The van der Waals surface area contributed by atoms with Gasteiger partial charge in [-0.1, -0.05) is 55.4 Å². The Labute approximate surface area is 192 Å². The van der Waals surface area contributed by atoms with Crippen LogP contribution in [0, 0.1) is 0 Å². The summed E-state index contributed by atoms with van der Waals surface area (Å²) in [4.78, 5) is 24.2. The van der Waals surface area contributed by atoms with Gasteiger partial charge in [0.25, 0.3) is 5.91 Å². The average molecular weight is 454 g/mol. The second-order valence-electron chi connectivity index (χ2n) is 7.54. The number of carbonyl (C=O) groups is 1. The van der Waals surface area contributed by atoms with Gasteiger partial charge in [0, 0.05) is 24.6 Å². The van der Waals surface area contributed by atoms with E-state index in [-0.39, 0.29) is 11.9 Å². The minimum atomic E-state index is -0.0135. The summed E-state index contributed by atoms with van der Waals surface area (Å²) in [7, 11) is 3.67. The summed E-state index contributed by atoms with van der Waals surface area (Å²) in [5, 5.41) is 1.75. The number of hydrogen-bond acceptors (Lipinski definition) is 6. The van der Waals surface area contributed by atoms with E-state index in [9.17, 15) is 4.79 Å². The molecule has 2 aliphatic heterocycles. The molecule has 0 unspecified atom stereocenters. The maximum atomic E-state index is 13.4. The Hall–Kier alpha value is -2.38. The molecule has 0 N–H and O–H groups in total. The molecule has 1 saturated heterocycles. The molecule has 0 radical (unpaired) electrons. The van der Waals surface area contributed by atoms with E-state index in [1.807, 2.05) is 48.3 Å². The molecule has 0 saturated carbocycles. The van der Waals surface area contributed by atoms with Gasteiger partial charge in [-0.15, -0.1) is 0 Å².